The molecule has 0 radical (unpaired) electrons. The van der Waals surface area contributed by atoms with E-state index in [-0.39, 0.29) is 5.91 Å². The van der Waals surface area contributed by atoms with Crippen molar-refractivity contribution in [3.05, 3.63) is 30.3 Å². The summed E-state index contributed by atoms with van der Waals surface area (Å²) in [6.07, 6.45) is -1.09. The summed E-state index contributed by atoms with van der Waals surface area (Å²) < 4.78 is 0. The smallest absolute Gasteiger partial charge is 0.408 e. The minimum Gasteiger partial charge on any atom is -0.465 e. The first-order chi connectivity index (χ1) is 10.2. The normalized spacial score (nSPS) is 12.5. The largest absolute Gasteiger partial charge is 0.465 e. The van der Waals surface area contributed by atoms with E-state index >= 15 is 0 Å². The van der Waals surface area contributed by atoms with Gasteiger partial charge in [0, 0.05) is 22.7 Å². The van der Waals surface area contributed by atoms with Crippen molar-refractivity contribution in [1.82, 2.24) is 10.2 Å². The molecule has 0 heterocycles. The van der Waals surface area contributed by atoms with E-state index < -0.39 is 17.7 Å². The molecule has 2 amide bonds. The van der Waals surface area contributed by atoms with Gasteiger partial charge in [0.15, 0.2) is 0 Å². The molecule has 22 heavy (non-hydrogen) atoms. The van der Waals surface area contributed by atoms with Crippen LogP contribution in [0.2, 0.25) is 0 Å². The third kappa shape index (κ3) is 5.60. The van der Waals surface area contributed by atoms with Crippen molar-refractivity contribution in [2.45, 2.75) is 44.2 Å². The fraction of sp³-hybridized carbons (Fsp3) is 0.500. The number of thioether (sulfide) groups is 1. The van der Waals surface area contributed by atoms with Gasteiger partial charge in [0.1, 0.15) is 6.04 Å². The Bertz CT molecular complexity index is 500. The van der Waals surface area contributed by atoms with E-state index in [1.54, 1.807) is 39.5 Å². The fourth-order valence-electron chi connectivity index (χ4n) is 2.16. The molecule has 0 saturated carbocycles. The van der Waals surface area contributed by atoms with E-state index in [1.165, 1.54) is 4.90 Å². The molecule has 5 nitrogen and oxygen atoms in total. The van der Waals surface area contributed by atoms with Crippen LogP contribution >= 0.6 is 11.8 Å². The molecule has 0 bridgehead atoms. The summed E-state index contributed by atoms with van der Waals surface area (Å²) >= 11 is 1.65. The Kier molecular flexibility index (Phi) is 6.74. The monoisotopic (exact) mass is 324 g/mol. The van der Waals surface area contributed by atoms with E-state index in [2.05, 4.69) is 5.32 Å². The number of carbonyl (C=O) groups is 2. The Labute approximate surface area is 136 Å². The van der Waals surface area contributed by atoms with Crippen LogP contribution in [0.15, 0.2) is 35.2 Å². The summed E-state index contributed by atoms with van der Waals surface area (Å²) in [6.45, 7) is 7.43. The lowest BCUT2D eigenvalue weighted by Crippen LogP contribution is -2.55. The maximum Gasteiger partial charge on any atom is 0.408 e. The van der Waals surface area contributed by atoms with Crippen molar-refractivity contribution < 1.29 is 14.7 Å². The summed E-state index contributed by atoms with van der Waals surface area (Å²) in [6, 6.07) is 9.20. The molecule has 1 aromatic carbocycles. The van der Waals surface area contributed by atoms with E-state index in [0.717, 1.165) is 10.6 Å². The summed E-state index contributed by atoms with van der Waals surface area (Å²) in [5, 5.41) is 12.1. The molecule has 0 fully saturated rings. The van der Waals surface area contributed by atoms with Gasteiger partial charge in [-0.3, -0.25) is 9.69 Å². The van der Waals surface area contributed by atoms with Crippen LogP contribution in [0.5, 0.6) is 0 Å². The second-order valence-electron chi connectivity index (χ2n) is 5.95. The van der Waals surface area contributed by atoms with E-state index in [1.807, 2.05) is 30.3 Å². The van der Waals surface area contributed by atoms with Gasteiger partial charge in [-0.25, -0.2) is 4.79 Å². The van der Waals surface area contributed by atoms with Crippen molar-refractivity contribution in [2.24, 2.45) is 0 Å². The topological polar surface area (TPSA) is 69.6 Å². The predicted octanol–water partition coefficient (Wildman–Crippen LogP) is 3.06. The zero-order valence-corrected chi connectivity index (χ0v) is 14.3. The van der Waals surface area contributed by atoms with Crippen LogP contribution in [0, 0.1) is 0 Å². The van der Waals surface area contributed by atoms with Crippen LogP contribution in [0.3, 0.4) is 0 Å². The molecule has 0 spiro atoms. The van der Waals surface area contributed by atoms with Crippen molar-refractivity contribution in [1.29, 1.82) is 0 Å². The Hall–Kier alpha value is -1.69. The number of nitrogens with one attached hydrogen (secondary N) is 1. The predicted molar refractivity (Wildman–Crippen MR) is 89.3 cm³/mol. The van der Waals surface area contributed by atoms with E-state index in [9.17, 15) is 14.7 Å². The number of hydrogen-bond donors (Lipinski definition) is 2. The second kappa shape index (κ2) is 8.08. The summed E-state index contributed by atoms with van der Waals surface area (Å²) in [4.78, 5) is 25.8. The molecule has 0 aromatic heterocycles. The van der Waals surface area contributed by atoms with E-state index in [4.69, 9.17) is 0 Å². The molecule has 0 aliphatic heterocycles. The molecule has 1 aromatic rings. The molecule has 6 heteroatoms. The summed E-state index contributed by atoms with van der Waals surface area (Å²) in [5.41, 5.74) is -0.624. The molecule has 122 valence electrons. The molecule has 2 N–H and O–H groups in total. The highest BCUT2D eigenvalue weighted by Crippen LogP contribution is 2.18. The zero-order valence-electron chi connectivity index (χ0n) is 13.5. The first kappa shape index (κ1) is 18.4. The van der Waals surface area contributed by atoms with Gasteiger partial charge in [-0.1, -0.05) is 18.2 Å². The minimum absolute atomic E-state index is 0.272. The quantitative estimate of drug-likeness (QED) is 0.623. The van der Waals surface area contributed by atoms with Crippen LogP contribution in [0.1, 0.15) is 27.7 Å². The van der Waals surface area contributed by atoms with Crippen molar-refractivity contribution in [3.63, 3.8) is 0 Å². The maximum absolute atomic E-state index is 12.1. The standard InChI is InChI=1S/C16H24N2O3S/c1-12(18(15(20)21)16(2,3)4)14(19)17-10-11-22-13-8-6-5-7-9-13/h5-9,12H,10-11H2,1-4H3,(H,17,19)(H,20,21). The first-order valence-electron chi connectivity index (χ1n) is 7.21. The number of carbonyl (C=O) groups excluding carboxylic acids is 1. The lowest BCUT2D eigenvalue weighted by molar-refractivity contribution is -0.126. The van der Waals surface area contributed by atoms with Gasteiger partial charge in [0.05, 0.1) is 0 Å². The van der Waals surface area contributed by atoms with Crippen LogP contribution in [0.25, 0.3) is 0 Å². The minimum atomic E-state index is -1.09. The molecule has 0 saturated heterocycles. The summed E-state index contributed by atoms with van der Waals surface area (Å²) in [7, 11) is 0. The highest BCUT2D eigenvalue weighted by Gasteiger charge is 2.34. The lowest BCUT2D eigenvalue weighted by atomic mass is 10.0. The van der Waals surface area contributed by atoms with Crippen LogP contribution < -0.4 is 5.32 Å². The van der Waals surface area contributed by atoms with Gasteiger partial charge in [-0.2, -0.15) is 0 Å². The molecule has 0 aliphatic carbocycles. The number of nitrogens with zero attached hydrogens (tertiary/aromatic N) is 1. The van der Waals surface area contributed by atoms with Gasteiger partial charge >= 0.3 is 6.09 Å². The van der Waals surface area contributed by atoms with Crippen LogP contribution in [-0.2, 0) is 4.79 Å². The zero-order chi connectivity index (χ0) is 16.8. The highest BCUT2D eigenvalue weighted by atomic mass is 32.2. The number of rotatable bonds is 6. The van der Waals surface area contributed by atoms with Crippen molar-refractivity contribution in [2.75, 3.05) is 12.3 Å². The Morgan fingerprint density at radius 3 is 2.36 bits per heavy atom. The molecular formula is C16H24N2O3S. The van der Waals surface area contributed by atoms with Gasteiger partial charge < -0.3 is 10.4 Å². The van der Waals surface area contributed by atoms with Gasteiger partial charge in [0.2, 0.25) is 5.91 Å². The van der Waals surface area contributed by atoms with Crippen LogP contribution in [-0.4, -0.2) is 45.9 Å². The second-order valence-corrected chi connectivity index (χ2v) is 7.12. The first-order valence-corrected chi connectivity index (χ1v) is 8.20. The molecule has 1 atom stereocenters. The summed E-state index contributed by atoms with van der Waals surface area (Å²) in [5.74, 6) is 0.469. The third-order valence-electron chi connectivity index (χ3n) is 3.11. The maximum atomic E-state index is 12.1. The van der Waals surface area contributed by atoms with Crippen molar-refractivity contribution in [3.8, 4) is 0 Å². The van der Waals surface area contributed by atoms with Gasteiger partial charge in [0.25, 0.3) is 0 Å². The fourth-order valence-corrected chi connectivity index (χ4v) is 2.95. The van der Waals surface area contributed by atoms with Crippen molar-refractivity contribution >= 4 is 23.8 Å². The SMILES string of the molecule is CC(C(=O)NCCSc1ccccc1)N(C(=O)O)C(C)(C)C. The van der Waals surface area contributed by atoms with Crippen LogP contribution in [0.4, 0.5) is 4.79 Å². The average molecular weight is 324 g/mol. The number of amides is 2. The highest BCUT2D eigenvalue weighted by molar-refractivity contribution is 7.99. The molecular weight excluding hydrogens is 300 g/mol. The Morgan fingerprint density at radius 1 is 1.27 bits per heavy atom. The Balaban J connectivity index is 2.45. The average Bonchev–Trinajstić information content (AvgIpc) is 2.42. The lowest BCUT2D eigenvalue weighted by Gasteiger charge is -2.37. The molecule has 1 unspecified atom stereocenters. The van der Waals surface area contributed by atoms with Gasteiger partial charge in [-0.05, 0) is 39.8 Å². The third-order valence-corrected chi connectivity index (χ3v) is 4.12. The molecule has 0 aliphatic rings. The number of benzene rings is 1. The Morgan fingerprint density at radius 2 is 1.86 bits per heavy atom. The number of hydrogen-bond acceptors (Lipinski definition) is 3. The van der Waals surface area contributed by atoms with E-state index in [0.29, 0.717) is 6.54 Å². The van der Waals surface area contributed by atoms with Gasteiger partial charge in [-0.15, -0.1) is 11.8 Å². The molecule has 1 rings (SSSR count). The number of carboxylic acid groups (broad SMARTS) is 1.